The van der Waals surface area contributed by atoms with E-state index >= 15 is 0 Å². The first-order valence-electron chi connectivity index (χ1n) is 9.54. The van der Waals surface area contributed by atoms with Crippen LogP contribution in [0.25, 0.3) is 0 Å². The first-order valence-corrected chi connectivity index (χ1v) is 9.54. The summed E-state index contributed by atoms with van der Waals surface area (Å²) in [4.78, 5) is 37.3. The average Bonchev–Trinajstić information content (AvgIpc) is 3.35. The molecule has 2 fully saturated rings. The summed E-state index contributed by atoms with van der Waals surface area (Å²) in [6, 6.07) is 11.8. The maximum absolute atomic E-state index is 13.1. The van der Waals surface area contributed by atoms with Gasteiger partial charge in [-0.2, -0.15) is 0 Å². The van der Waals surface area contributed by atoms with Gasteiger partial charge in [0.2, 0.25) is 11.8 Å². The van der Waals surface area contributed by atoms with Gasteiger partial charge in [0.1, 0.15) is 12.4 Å². The molecule has 4 rings (SSSR count). The third-order valence-corrected chi connectivity index (χ3v) is 5.78. The van der Waals surface area contributed by atoms with Crippen LogP contribution >= 0.6 is 0 Å². The van der Waals surface area contributed by atoms with Gasteiger partial charge in [-0.3, -0.25) is 9.59 Å². The third kappa shape index (κ3) is 3.44. The molecule has 3 heterocycles. The molecule has 3 atom stereocenters. The molecule has 2 aliphatic rings. The summed E-state index contributed by atoms with van der Waals surface area (Å²) in [6.45, 7) is 3.78. The highest BCUT2D eigenvalue weighted by Crippen LogP contribution is 2.39. The third-order valence-electron chi connectivity index (χ3n) is 5.78. The zero-order valence-electron chi connectivity index (χ0n) is 15.5. The molecule has 0 bridgehead atoms. The van der Waals surface area contributed by atoms with Crippen LogP contribution in [0.15, 0.2) is 48.9 Å². The van der Waals surface area contributed by atoms with E-state index < -0.39 is 6.04 Å². The Hall–Kier alpha value is -2.76. The Kier molecular flexibility index (Phi) is 4.88. The molecule has 0 spiro atoms. The number of aromatic nitrogens is 2. The van der Waals surface area contributed by atoms with Crippen LogP contribution in [0.5, 0.6) is 0 Å². The smallest absolute Gasteiger partial charge is 0.245 e. The van der Waals surface area contributed by atoms with E-state index in [-0.39, 0.29) is 23.7 Å². The zero-order valence-corrected chi connectivity index (χ0v) is 15.5. The molecule has 2 aromatic rings. The summed E-state index contributed by atoms with van der Waals surface area (Å²) in [5, 5.41) is 0. The van der Waals surface area contributed by atoms with Crippen molar-refractivity contribution in [1.29, 1.82) is 0 Å². The van der Waals surface area contributed by atoms with Gasteiger partial charge in [-0.15, -0.1) is 0 Å². The molecule has 1 aromatic carbocycles. The lowest BCUT2D eigenvalue weighted by molar-refractivity contribution is -0.142. The number of rotatable bonds is 4. The van der Waals surface area contributed by atoms with Gasteiger partial charge in [-0.05, 0) is 25.0 Å². The van der Waals surface area contributed by atoms with Gasteiger partial charge in [0.15, 0.2) is 0 Å². The van der Waals surface area contributed by atoms with E-state index in [1.54, 1.807) is 17.4 Å². The number of benzene rings is 1. The van der Waals surface area contributed by atoms with Crippen molar-refractivity contribution in [3.63, 3.8) is 0 Å². The fourth-order valence-corrected chi connectivity index (χ4v) is 4.32. The van der Waals surface area contributed by atoms with Gasteiger partial charge in [0.05, 0.1) is 0 Å². The first kappa shape index (κ1) is 17.6. The van der Waals surface area contributed by atoms with E-state index in [0.29, 0.717) is 26.1 Å². The second kappa shape index (κ2) is 7.47. The Bertz CT molecular complexity index is 764. The number of nitrogens with zero attached hydrogens (tertiary/aromatic N) is 4. The summed E-state index contributed by atoms with van der Waals surface area (Å²) < 4.78 is 0. The number of amides is 2. The summed E-state index contributed by atoms with van der Waals surface area (Å²) in [5.41, 5.74) is 2.17. The highest BCUT2D eigenvalue weighted by atomic mass is 16.2. The summed E-state index contributed by atoms with van der Waals surface area (Å²) >= 11 is 0. The molecule has 2 saturated heterocycles. The maximum atomic E-state index is 13.1. The molecule has 2 aliphatic heterocycles. The normalized spacial score (nSPS) is 23.7. The van der Waals surface area contributed by atoms with Gasteiger partial charge in [-0.25, -0.2) is 9.97 Å². The summed E-state index contributed by atoms with van der Waals surface area (Å²) in [6.07, 6.45) is 4.70. The van der Waals surface area contributed by atoms with Gasteiger partial charge in [0.25, 0.3) is 0 Å². The second-order valence-electron chi connectivity index (χ2n) is 7.37. The molecule has 1 unspecified atom stereocenters. The van der Waals surface area contributed by atoms with Crippen LogP contribution in [0.4, 0.5) is 0 Å². The minimum absolute atomic E-state index is 0.0303. The highest BCUT2D eigenvalue weighted by Gasteiger charge is 2.41. The Morgan fingerprint density at radius 3 is 2.59 bits per heavy atom. The fourth-order valence-electron chi connectivity index (χ4n) is 4.32. The van der Waals surface area contributed by atoms with E-state index in [0.717, 1.165) is 12.1 Å². The van der Waals surface area contributed by atoms with Crippen LogP contribution < -0.4 is 0 Å². The fraction of sp³-hybridized carbons (Fsp3) is 0.429. The van der Waals surface area contributed by atoms with Crippen LogP contribution in [0.1, 0.15) is 42.9 Å². The lowest BCUT2D eigenvalue weighted by Gasteiger charge is -2.28. The monoisotopic (exact) mass is 364 g/mol. The predicted octanol–water partition coefficient (Wildman–Crippen LogP) is 2.20. The molecule has 2 amide bonds. The van der Waals surface area contributed by atoms with E-state index in [4.69, 9.17) is 0 Å². The summed E-state index contributed by atoms with van der Waals surface area (Å²) in [5.74, 6) is 0.428. The molecule has 0 saturated carbocycles. The van der Waals surface area contributed by atoms with Crippen LogP contribution in [-0.4, -0.2) is 57.3 Å². The van der Waals surface area contributed by atoms with Crippen molar-refractivity contribution < 1.29 is 9.59 Å². The molecule has 140 valence electrons. The van der Waals surface area contributed by atoms with Crippen molar-refractivity contribution in [2.75, 3.05) is 19.6 Å². The molecule has 6 heteroatoms. The predicted molar refractivity (Wildman–Crippen MR) is 101 cm³/mol. The van der Waals surface area contributed by atoms with Crippen LogP contribution in [0.3, 0.4) is 0 Å². The van der Waals surface area contributed by atoms with Crippen molar-refractivity contribution >= 4 is 11.8 Å². The van der Waals surface area contributed by atoms with Gasteiger partial charge < -0.3 is 9.80 Å². The molecule has 6 nitrogen and oxygen atoms in total. The highest BCUT2D eigenvalue weighted by molar-refractivity contribution is 5.88. The van der Waals surface area contributed by atoms with Gasteiger partial charge in [-0.1, -0.05) is 30.3 Å². The molecular weight excluding hydrogens is 340 g/mol. The van der Waals surface area contributed by atoms with Crippen molar-refractivity contribution in [2.24, 2.45) is 0 Å². The minimum Gasteiger partial charge on any atom is -0.340 e. The lowest BCUT2D eigenvalue weighted by Crippen LogP contribution is -2.47. The largest absolute Gasteiger partial charge is 0.340 e. The number of carbonyl (C=O) groups is 2. The van der Waals surface area contributed by atoms with E-state index in [9.17, 15) is 9.59 Å². The molecule has 27 heavy (non-hydrogen) atoms. The Morgan fingerprint density at radius 2 is 1.93 bits per heavy atom. The zero-order chi connectivity index (χ0) is 18.8. The molecule has 0 N–H and O–H groups in total. The Morgan fingerprint density at radius 1 is 1.15 bits per heavy atom. The molecular formula is C21H24N4O2. The van der Waals surface area contributed by atoms with Crippen LogP contribution in [0.2, 0.25) is 0 Å². The van der Waals surface area contributed by atoms with Crippen molar-refractivity contribution in [2.45, 2.75) is 37.6 Å². The number of carbonyl (C=O) groups excluding carboxylic acids is 2. The quantitative estimate of drug-likeness (QED) is 0.834. The van der Waals surface area contributed by atoms with Gasteiger partial charge >= 0.3 is 0 Å². The van der Waals surface area contributed by atoms with E-state index in [1.165, 1.54) is 5.56 Å². The number of likely N-dealkylation sites (tertiary alicyclic amines) is 2. The van der Waals surface area contributed by atoms with Crippen molar-refractivity contribution in [1.82, 2.24) is 19.8 Å². The van der Waals surface area contributed by atoms with Crippen molar-refractivity contribution in [3.05, 3.63) is 60.2 Å². The van der Waals surface area contributed by atoms with Crippen LogP contribution in [0, 0.1) is 0 Å². The van der Waals surface area contributed by atoms with E-state index in [1.807, 2.05) is 36.1 Å². The maximum Gasteiger partial charge on any atom is 0.245 e. The molecule has 0 aliphatic carbocycles. The first-order chi connectivity index (χ1) is 13.1. The van der Waals surface area contributed by atoms with Gasteiger partial charge in [0, 0.05) is 49.8 Å². The standard InChI is InChI=1S/C21H24N4O2/c1-15(25-11-5-8-20(25)26)21(27)24-12-17(16-6-3-2-4-7-16)18(13-24)19-9-10-22-14-23-19/h2-4,6-7,9-10,14-15,17-18H,5,8,11-13H2,1H3/t15?,17-,18+/m0/s1. The van der Waals surface area contributed by atoms with E-state index in [2.05, 4.69) is 22.1 Å². The summed E-state index contributed by atoms with van der Waals surface area (Å²) in [7, 11) is 0. The van der Waals surface area contributed by atoms with Crippen LogP contribution in [-0.2, 0) is 9.59 Å². The topological polar surface area (TPSA) is 66.4 Å². The minimum atomic E-state index is -0.402. The molecule has 1 aromatic heterocycles. The lowest BCUT2D eigenvalue weighted by atomic mass is 9.87. The Labute approximate surface area is 159 Å². The average molecular weight is 364 g/mol. The molecule has 0 radical (unpaired) electrons. The Balaban J connectivity index is 1.58. The van der Waals surface area contributed by atoms with Crippen molar-refractivity contribution in [3.8, 4) is 0 Å². The second-order valence-corrected chi connectivity index (χ2v) is 7.37. The number of hydrogen-bond acceptors (Lipinski definition) is 4. The number of hydrogen-bond donors (Lipinski definition) is 0. The SMILES string of the molecule is CC(C(=O)N1C[C@@H](c2ccccc2)[C@H](c2ccncn2)C1)N1CCCC1=O.